The van der Waals surface area contributed by atoms with Crippen LogP contribution in [0.2, 0.25) is 5.02 Å². The summed E-state index contributed by atoms with van der Waals surface area (Å²) in [6, 6.07) is 5.40. The van der Waals surface area contributed by atoms with Gasteiger partial charge in [0.2, 0.25) is 0 Å². The molecule has 1 unspecified atom stereocenters. The van der Waals surface area contributed by atoms with E-state index in [4.69, 9.17) is 11.6 Å². The first-order valence-corrected chi connectivity index (χ1v) is 5.67. The summed E-state index contributed by atoms with van der Waals surface area (Å²) >= 11 is 5.87. The Kier molecular flexibility index (Phi) is 3.89. The number of aromatic nitrogens is 1. The lowest BCUT2D eigenvalue weighted by molar-refractivity contribution is 0.177. The molecule has 0 bridgehead atoms. The highest BCUT2D eigenvalue weighted by molar-refractivity contribution is 6.31. The Bertz CT molecular complexity index is 562. The molecule has 94 valence electrons. The van der Waals surface area contributed by atoms with Gasteiger partial charge in [-0.05, 0) is 17.7 Å². The molecule has 1 atom stereocenters. The third kappa shape index (κ3) is 2.66. The fraction of sp³-hybridized carbons (Fsp3) is 0.154. The molecule has 0 spiro atoms. The van der Waals surface area contributed by atoms with Gasteiger partial charge in [-0.3, -0.25) is 4.98 Å². The van der Waals surface area contributed by atoms with Gasteiger partial charge in [0.25, 0.3) is 0 Å². The zero-order chi connectivity index (χ0) is 13.1. The van der Waals surface area contributed by atoms with Crippen LogP contribution in [0.4, 0.5) is 8.78 Å². The van der Waals surface area contributed by atoms with E-state index in [1.807, 2.05) is 0 Å². The first-order chi connectivity index (χ1) is 8.59. The molecule has 0 saturated carbocycles. The second-order valence-corrected chi connectivity index (χ2v) is 4.24. The van der Waals surface area contributed by atoms with Crippen LogP contribution in [0.5, 0.6) is 0 Å². The van der Waals surface area contributed by atoms with E-state index in [-0.39, 0.29) is 12.0 Å². The number of hydrogen-bond donors (Lipinski definition) is 1. The Balaban J connectivity index is 2.24. The number of pyridine rings is 1. The van der Waals surface area contributed by atoms with Crippen molar-refractivity contribution in [1.29, 1.82) is 0 Å². The zero-order valence-corrected chi connectivity index (χ0v) is 10.0. The van der Waals surface area contributed by atoms with Crippen LogP contribution < -0.4 is 0 Å². The van der Waals surface area contributed by atoms with E-state index < -0.39 is 17.7 Å². The van der Waals surface area contributed by atoms with Gasteiger partial charge in [0.15, 0.2) is 11.6 Å². The van der Waals surface area contributed by atoms with Crippen LogP contribution in [-0.2, 0) is 6.42 Å². The van der Waals surface area contributed by atoms with Crippen LogP contribution in [0, 0.1) is 11.6 Å². The summed E-state index contributed by atoms with van der Waals surface area (Å²) in [6.45, 7) is 0. The minimum atomic E-state index is -1.00. The number of nitrogens with zero attached hydrogens (tertiary/aromatic N) is 1. The van der Waals surface area contributed by atoms with E-state index in [0.29, 0.717) is 10.6 Å². The third-order valence-corrected chi connectivity index (χ3v) is 2.92. The lowest BCUT2D eigenvalue weighted by Crippen LogP contribution is -2.05. The predicted octanol–water partition coefficient (Wildman–Crippen LogP) is 3.29. The van der Waals surface area contributed by atoms with E-state index in [9.17, 15) is 13.9 Å². The van der Waals surface area contributed by atoms with Crippen molar-refractivity contribution in [3.63, 3.8) is 0 Å². The van der Waals surface area contributed by atoms with E-state index in [0.717, 1.165) is 6.07 Å². The Morgan fingerprint density at radius 2 is 2.06 bits per heavy atom. The molecule has 1 aromatic heterocycles. The number of benzene rings is 1. The van der Waals surface area contributed by atoms with E-state index in [1.165, 1.54) is 24.5 Å². The molecule has 5 heteroatoms. The van der Waals surface area contributed by atoms with Crippen molar-refractivity contribution in [2.75, 3.05) is 0 Å². The van der Waals surface area contributed by atoms with Crippen LogP contribution in [0.25, 0.3) is 0 Å². The second-order valence-electron chi connectivity index (χ2n) is 3.83. The Hall–Kier alpha value is -1.52. The number of aliphatic hydroxyl groups excluding tert-OH is 1. The molecule has 2 rings (SSSR count). The fourth-order valence-electron chi connectivity index (χ4n) is 1.68. The molecule has 2 aromatic rings. The first kappa shape index (κ1) is 12.9. The largest absolute Gasteiger partial charge is 0.388 e. The van der Waals surface area contributed by atoms with E-state index in [1.54, 1.807) is 6.07 Å². The molecule has 1 heterocycles. The zero-order valence-electron chi connectivity index (χ0n) is 9.28. The summed E-state index contributed by atoms with van der Waals surface area (Å²) in [7, 11) is 0. The SMILES string of the molecule is OC(Cc1cccc(F)c1F)c1ccncc1Cl. The smallest absolute Gasteiger partial charge is 0.162 e. The highest BCUT2D eigenvalue weighted by Gasteiger charge is 2.16. The van der Waals surface area contributed by atoms with Crippen molar-refractivity contribution >= 4 is 11.6 Å². The maximum atomic E-state index is 13.4. The van der Waals surface area contributed by atoms with Crippen molar-refractivity contribution in [3.05, 3.63) is 64.4 Å². The lowest BCUT2D eigenvalue weighted by atomic mass is 10.0. The highest BCUT2D eigenvalue weighted by Crippen LogP contribution is 2.25. The molecular weight excluding hydrogens is 260 g/mol. The van der Waals surface area contributed by atoms with Gasteiger partial charge in [0.05, 0.1) is 11.1 Å². The molecule has 0 aliphatic heterocycles. The summed E-state index contributed by atoms with van der Waals surface area (Å²) in [5.41, 5.74) is 0.547. The Morgan fingerprint density at radius 1 is 1.28 bits per heavy atom. The van der Waals surface area contributed by atoms with Crippen LogP contribution in [-0.4, -0.2) is 10.1 Å². The number of halogens is 3. The second kappa shape index (κ2) is 5.42. The lowest BCUT2D eigenvalue weighted by Gasteiger charge is -2.13. The van der Waals surface area contributed by atoms with Crippen molar-refractivity contribution in [2.24, 2.45) is 0 Å². The summed E-state index contributed by atoms with van der Waals surface area (Å²) in [6.07, 6.45) is 1.82. The van der Waals surface area contributed by atoms with Crippen LogP contribution >= 0.6 is 11.6 Å². The predicted molar refractivity (Wildman–Crippen MR) is 64.3 cm³/mol. The normalized spacial score (nSPS) is 12.4. The number of aliphatic hydroxyl groups is 1. The van der Waals surface area contributed by atoms with Gasteiger partial charge in [-0.25, -0.2) is 8.78 Å². The van der Waals surface area contributed by atoms with Gasteiger partial charge in [0.1, 0.15) is 0 Å². The van der Waals surface area contributed by atoms with Crippen LogP contribution in [0.3, 0.4) is 0 Å². The van der Waals surface area contributed by atoms with Gasteiger partial charge >= 0.3 is 0 Å². The van der Waals surface area contributed by atoms with Crippen molar-refractivity contribution in [3.8, 4) is 0 Å². The minimum Gasteiger partial charge on any atom is -0.388 e. The molecule has 0 saturated heterocycles. The average molecular weight is 270 g/mol. The van der Waals surface area contributed by atoms with E-state index >= 15 is 0 Å². The summed E-state index contributed by atoms with van der Waals surface area (Å²) < 4.78 is 26.5. The molecule has 0 radical (unpaired) electrons. The van der Waals surface area contributed by atoms with Gasteiger partial charge in [0, 0.05) is 24.4 Å². The molecule has 0 aliphatic rings. The van der Waals surface area contributed by atoms with Gasteiger partial charge < -0.3 is 5.11 Å². The third-order valence-electron chi connectivity index (χ3n) is 2.61. The molecule has 2 nitrogen and oxygen atoms in total. The topological polar surface area (TPSA) is 33.1 Å². The molecular formula is C13H10ClF2NO. The van der Waals surface area contributed by atoms with Crippen LogP contribution in [0.1, 0.15) is 17.2 Å². The first-order valence-electron chi connectivity index (χ1n) is 5.30. The number of rotatable bonds is 3. The molecule has 1 aromatic carbocycles. The molecule has 0 fully saturated rings. The van der Waals surface area contributed by atoms with Gasteiger partial charge in [-0.15, -0.1) is 0 Å². The fourth-order valence-corrected chi connectivity index (χ4v) is 1.93. The Morgan fingerprint density at radius 3 is 2.78 bits per heavy atom. The summed E-state index contributed by atoms with van der Waals surface area (Å²) in [4.78, 5) is 3.79. The Labute approximate surface area is 108 Å². The summed E-state index contributed by atoms with van der Waals surface area (Å²) in [5.74, 6) is -1.87. The minimum absolute atomic E-state index is 0.0483. The summed E-state index contributed by atoms with van der Waals surface area (Å²) in [5, 5.41) is 10.3. The van der Waals surface area contributed by atoms with Crippen molar-refractivity contribution in [1.82, 2.24) is 4.98 Å². The van der Waals surface area contributed by atoms with Crippen molar-refractivity contribution in [2.45, 2.75) is 12.5 Å². The van der Waals surface area contributed by atoms with E-state index in [2.05, 4.69) is 4.98 Å². The highest BCUT2D eigenvalue weighted by atomic mass is 35.5. The molecule has 18 heavy (non-hydrogen) atoms. The average Bonchev–Trinajstić information content (AvgIpc) is 2.35. The molecule has 0 aliphatic carbocycles. The maximum Gasteiger partial charge on any atom is 0.162 e. The maximum absolute atomic E-state index is 13.4. The molecule has 1 N–H and O–H groups in total. The quantitative estimate of drug-likeness (QED) is 0.927. The van der Waals surface area contributed by atoms with Gasteiger partial charge in [-0.1, -0.05) is 23.7 Å². The standard InChI is InChI=1S/C13H10ClF2NO/c14-10-7-17-5-4-9(10)12(18)6-8-2-1-3-11(15)13(8)16/h1-5,7,12,18H,6H2. The van der Waals surface area contributed by atoms with Crippen LogP contribution in [0.15, 0.2) is 36.7 Å². The van der Waals surface area contributed by atoms with Crippen molar-refractivity contribution < 1.29 is 13.9 Å². The molecule has 0 amide bonds. The number of hydrogen-bond acceptors (Lipinski definition) is 2. The monoisotopic (exact) mass is 269 g/mol. The van der Waals surface area contributed by atoms with Gasteiger partial charge in [-0.2, -0.15) is 0 Å².